The number of benzene rings is 3. The van der Waals surface area contributed by atoms with Crippen LogP contribution >= 0.6 is 23.2 Å². The molecule has 0 spiro atoms. The summed E-state index contributed by atoms with van der Waals surface area (Å²) in [5, 5.41) is 7.22. The van der Waals surface area contributed by atoms with E-state index in [1.807, 2.05) is 55.5 Å². The number of anilines is 3. The molecule has 5 heteroatoms. The predicted molar refractivity (Wildman–Crippen MR) is 110 cm³/mol. The van der Waals surface area contributed by atoms with E-state index in [0.29, 0.717) is 15.7 Å². The van der Waals surface area contributed by atoms with E-state index in [0.717, 1.165) is 22.5 Å². The van der Waals surface area contributed by atoms with Gasteiger partial charge in [-0.25, -0.2) is 0 Å². The van der Waals surface area contributed by atoms with Crippen molar-refractivity contribution in [1.82, 2.24) is 0 Å². The number of hydrogen-bond donors (Lipinski definition) is 2. The summed E-state index contributed by atoms with van der Waals surface area (Å²) >= 11 is 12.5. The van der Waals surface area contributed by atoms with Crippen molar-refractivity contribution in [1.29, 1.82) is 0 Å². The highest BCUT2D eigenvalue weighted by atomic mass is 35.5. The van der Waals surface area contributed by atoms with Crippen LogP contribution < -0.4 is 10.6 Å². The largest absolute Gasteiger partial charge is 0.353 e. The van der Waals surface area contributed by atoms with Gasteiger partial charge in [-0.2, -0.15) is 0 Å². The van der Waals surface area contributed by atoms with Gasteiger partial charge in [0, 0.05) is 11.4 Å². The first kappa shape index (κ1) is 18.3. The number of rotatable bonds is 5. The van der Waals surface area contributed by atoms with Gasteiger partial charge in [0.15, 0.2) is 0 Å². The second-order valence-electron chi connectivity index (χ2n) is 5.97. The molecule has 3 rings (SSSR count). The van der Waals surface area contributed by atoms with Crippen molar-refractivity contribution >= 4 is 46.2 Å². The maximum atomic E-state index is 12.4. The zero-order chi connectivity index (χ0) is 18.5. The summed E-state index contributed by atoms with van der Waals surface area (Å²) in [7, 11) is 0. The monoisotopic (exact) mass is 384 g/mol. The quantitative estimate of drug-likeness (QED) is 0.547. The number of aryl methyl sites for hydroxylation is 1. The van der Waals surface area contributed by atoms with Crippen molar-refractivity contribution in [3.05, 3.63) is 87.9 Å². The Morgan fingerprint density at radius 2 is 1.62 bits per heavy atom. The van der Waals surface area contributed by atoms with Crippen molar-refractivity contribution in [3.8, 4) is 0 Å². The molecule has 0 saturated carbocycles. The fourth-order valence-corrected chi connectivity index (χ4v) is 3.14. The molecule has 0 saturated heterocycles. The first-order chi connectivity index (χ1) is 12.5. The van der Waals surface area contributed by atoms with Gasteiger partial charge in [-0.3, -0.25) is 4.79 Å². The van der Waals surface area contributed by atoms with Crippen LogP contribution in [0.4, 0.5) is 17.1 Å². The zero-order valence-electron chi connectivity index (χ0n) is 14.2. The molecule has 132 valence electrons. The molecule has 0 atom stereocenters. The highest BCUT2D eigenvalue weighted by Crippen LogP contribution is 2.33. The first-order valence-corrected chi connectivity index (χ1v) is 8.94. The average molecular weight is 385 g/mol. The molecule has 0 unspecified atom stereocenters. The molecule has 0 fully saturated rings. The lowest BCUT2D eigenvalue weighted by atomic mass is 10.1. The van der Waals surface area contributed by atoms with E-state index in [-0.39, 0.29) is 12.3 Å². The first-order valence-electron chi connectivity index (χ1n) is 8.18. The Morgan fingerprint density at radius 1 is 0.923 bits per heavy atom. The highest BCUT2D eigenvalue weighted by molar-refractivity contribution is 6.39. The molecule has 0 aliphatic heterocycles. The summed E-state index contributed by atoms with van der Waals surface area (Å²) in [5.74, 6) is -0.0879. The van der Waals surface area contributed by atoms with Crippen LogP contribution in [0.2, 0.25) is 10.0 Å². The Morgan fingerprint density at radius 3 is 2.35 bits per heavy atom. The maximum Gasteiger partial charge on any atom is 0.228 e. The summed E-state index contributed by atoms with van der Waals surface area (Å²) in [6, 6.07) is 20.6. The summed E-state index contributed by atoms with van der Waals surface area (Å²) < 4.78 is 0. The summed E-state index contributed by atoms with van der Waals surface area (Å²) in [6.07, 6.45) is 0.235. The van der Waals surface area contributed by atoms with Crippen molar-refractivity contribution in [2.45, 2.75) is 13.3 Å². The minimum atomic E-state index is -0.0879. The molecule has 0 aliphatic rings. The van der Waals surface area contributed by atoms with Crippen molar-refractivity contribution in [3.63, 3.8) is 0 Å². The summed E-state index contributed by atoms with van der Waals surface area (Å²) in [4.78, 5) is 12.4. The number of carbonyl (C=O) groups is 1. The van der Waals surface area contributed by atoms with E-state index >= 15 is 0 Å². The zero-order valence-corrected chi connectivity index (χ0v) is 15.7. The van der Waals surface area contributed by atoms with Gasteiger partial charge in [0.25, 0.3) is 0 Å². The van der Waals surface area contributed by atoms with E-state index in [2.05, 4.69) is 10.6 Å². The Bertz CT molecular complexity index is 921. The van der Waals surface area contributed by atoms with Gasteiger partial charge in [0.05, 0.1) is 22.2 Å². The van der Waals surface area contributed by atoms with Gasteiger partial charge in [-0.1, -0.05) is 59.6 Å². The van der Waals surface area contributed by atoms with Crippen LogP contribution in [-0.4, -0.2) is 5.91 Å². The molecule has 0 aliphatic carbocycles. The van der Waals surface area contributed by atoms with Gasteiger partial charge in [0.1, 0.15) is 0 Å². The molecule has 0 heterocycles. The highest BCUT2D eigenvalue weighted by Gasteiger charge is 2.11. The number of amides is 1. The van der Waals surface area contributed by atoms with Crippen LogP contribution in [0.3, 0.4) is 0 Å². The fourth-order valence-electron chi connectivity index (χ4n) is 2.65. The van der Waals surface area contributed by atoms with E-state index in [9.17, 15) is 4.79 Å². The lowest BCUT2D eigenvalue weighted by Crippen LogP contribution is -2.15. The molecule has 3 aromatic carbocycles. The third-order valence-electron chi connectivity index (χ3n) is 3.89. The molecule has 1 amide bonds. The summed E-state index contributed by atoms with van der Waals surface area (Å²) in [5.41, 5.74) is 4.16. The third-order valence-corrected chi connectivity index (χ3v) is 4.52. The van der Waals surface area contributed by atoms with Gasteiger partial charge >= 0.3 is 0 Å². The van der Waals surface area contributed by atoms with E-state index in [1.165, 1.54) is 0 Å². The molecular formula is C21H18Cl2N2O. The Kier molecular flexibility index (Phi) is 5.82. The minimum absolute atomic E-state index is 0.0879. The lowest BCUT2D eigenvalue weighted by molar-refractivity contribution is -0.115. The molecule has 26 heavy (non-hydrogen) atoms. The van der Waals surface area contributed by atoms with E-state index in [4.69, 9.17) is 23.2 Å². The van der Waals surface area contributed by atoms with Crippen LogP contribution in [-0.2, 0) is 11.2 Å². The number of carbonyl (C=O) groups excluding carboxylic acids is 1. The van der Waals surface area contributed by atoms with E-state index < -0.39 is 0 Å². The third kappa shape index (κ3) is 4.57. The van der Waals surface area contributed by atoms with Gasteiger partial charge in [-0.05, 0) is 48.4 Å². The SMILES string of the molecule is Cc1cccc(NC(=O)Cc2ccccc2Nc2c(Cl)cccc2Cl)c1. The molecule has 0 radical (unpaired) electrons. The smallest absolute Gasteiger partial charge is 0.228 e. The van der Waals surface area contributed by atoms with Gasteiger partial charge in [0.2, 0.25) is 5.91 Å². The topological polar surface area (TPSA) is 41.1 Å². The van der Waals surface area contributed by atoms with Crippen molar-refractivity contribution < 1.29 is 4.79 Å². The lowest BCUT2D eigenvalue weighted by Gasteiger charge is -2.14. The molecular weight excluding hydrogens is 367 g/mol. The van der Waals surface area contributed by atoms with Crippen molar-refractivity contribution in [2.75, 3.05) is 10.6 Å². The van der Waals surface area contributed by atoms with Gasteiger partial charge in [-0.15, -0.1) is 0 Å². The molecule has 0 bridgehead atoms. The van der Waals surface area contributed by atoms with E-state index in [1.54, 1.807) is 18.2 Å². The second kappa shape index (κ2) is 8.26. The average Bonchev–Trinajstić information content (AvgIpc) is 2.59. The number of para-hydroxylation sites is 2. The molecule has 3 nitrogen and oxygen atoms in total. The molecule has 0 aromatic heterocycles. The number of halogens is 2. The van der Waals surface area contributed by atoms with Gasteiger partial charge < -0.3 is 10.6 Å². The van der Waals surface area contributed by atoms with Crippen LogP contribution in [0.5, 0.6) is 0 Å². The molecule has 3 aromatic rings. The Balaban J connectivity index is 1.78. The second-order valence-corrected chi connectivity index (χ2v) is 6.79. The maximum absolute atomic E-state index is 12.4. The predicted octanol–water partition coefficient (Wildman–Crippen LogP) is 6.23. The number of nitrogens with one attached hydrogen (secondary N) is 2. The van der Waals surface area contributed by atoms with Crippen LogP contribution in [0.1, 0.15) is 11.1 Å². The Hall–Kier alpha value is -2.49. The normalized spacial score (nSPS) is 10.4. The van der Waals surface area contributed by atoms with Crippen LogP contribution in [0, 0.1) is 6.92 Å². The Labute approximate surface area is 163 Å². The van der Waals surface area contributed by atoms with Crippen LogP contribution in [0.25, 0.3) is 0 Å². The number of hydrogen-bond acceptors (Lipinski definition) is 2. The van der Waals surface area contributed by atoms with Crippen molar-refractivity contribution in [2.24, 2.45) is 0 Å². The fraction of sp³-hybridized carbons (Fsp3) is 0.0952. The summed E-state index contributed by atoms with van der Waals surface area (Å²) in [6.45, 7) is 1.99. The van der Waals surface area contributed by atoms with Crippen LogP contribution in [0.15, 0.2) is 66.7 Å². The molecule has 2 N–H and O–H groups in total. The minimum Gasteiger partial charge on any atom is -0.353 e. The standard InChI is InChI=1S/C21H18Cl2N2O/c1-14-6-4-8-16(12-14)24-20(26)13-15-7-2-3-11-19(15)25-21-17(22)9-5-10-18(21)23/h2-12,25H,13H2,1H3,(H,24,26).